The summed E-state index contributed by atoms with van der Waals surface area (Å²) in [5.41, 5.74) is 1.45. The van der Waals surface area contributed by atoms with Crippen LogP contribution in [-0.2, 0) is 9.59 Å². The molecule has 0 aromatic heterocycles. The van der Waals surface area contributed by atoms with Gasteiger partial charge in [0, 0.05) is 24.3 Å². The maximum absolute atomic E-state index is 11.8. The topological polar surface area (TPSA) is 57.6 Å². The van der Waals surface area contributed by atoms with E-state index in [0.29, 0.717) is 13.0 Å². The van der Waals surface area contributed by atoms with E-state index in [9.17, 15) is 9.59 Å². The summed E-state index contributed by atoms with van der Waals surface area (Å²) in [5, 5.41) is 8.69. The van der Waals surface area contributed by atoms with Crippen molar-refractivity contribution >= 4 is 11.8 Å². The van der Waals surface area contributed by atoms with Crippen molar-refractivity contribution < 1.29 is 14.7 Å². The quantitative estimate of drug-likeness (QED) is 0.693. The highest BCUT2D eigenvalue weighted by atomic mass is 16.3. The van der Waals surface area contributed by atoms with Gasteiger partial charge in [0.1, 0.15) is 0 Å². The van der Waals surface area contributed by atoms with Gasteiger partial charge in [-0.3, -0.25) is 14.5 Å². The van der Waals surface area contributed by atoms with Crippen molar-refractivity contribution in [2.24, 2.45) is 0 Å². The molecule has 0 unspecified atom stereocenters. The lowest BCUT2D eigenvalue weighted by Gasteiger charge is -2.13. The van der Waals surface area contributed by atoms with Gasteiger partial charge >= 0.3 is 0 Å². The van der Waals surface area contributed by atoms with Crippen LogP contribution >= 0.6 is 0 Å². The zero-order valence-corrected chi connectivity index (χ0v) is 8.66. The summed E-state index contributed by atoms with van der Waals surface area (Å²) in [4.78, 5) is 24.9. The third-order valence-corrected chi connectivity index (χ3v) is 3.01. The predicted molar refractivity (Wildman–Crippen MR) is 53.9 cm³/mol. The van der Waals surface area contributed by atoms with Crippen LogP contribution in [0.3, 0.4) is 0 Å². The largest absolute Gasteiger partial charge is 0.396 e. The maximum Gasteiger partial charge on any atom is 0.257 e. The molecule has 2 amide bonds. The minimum absolute atomic E-state index is 0.0156. The molecule has 0 saturated heterocycles. The van der Waals surface area contributed by atoms with Gasteiger partial charge in [-0.15, -0.1) is 0 Å². The molecule has 1 aliphatic carbocycles. The van der Waals surface area contributed by atoms with Crippen LogP contribution < -0.4 is 0 Å². The molecule has 0 aromatic rings. The summed E-state index contributed by atoms with van der Waals surface area (Å²) in [5.74, 6) is -0.244. The van der Waals surface area contributed by atoms with Crippen LogP contribution in [0.5, 0.6) is 0 Å². The van der Waals surface area contributed by atoms with Gasteiger partial charge in [0.2, 0.25) is 0 Å². The summed E-state index contributed by atoms with van der Waals surface area (Å²) in [6.45, 7) is 0.364. The molecule has 1 heterocycles. The SMILES string of the molecule is O=C1C2=C(CCCC2)C(=O)N1CCCO. The molecule has 2 aliphatic rings. The fourth-order valence-electron chi connectivity index (χ4n) is 2.23. The van der Waals surface area contributed by atoms with Crippen molar-refractivity contribution in [3.8, 4) is 0 Å². The van der Waals surface area contributed by atoms with Gasteiger partial charge in [0.05, 0.1) is 0 Å². The molecule has 0 radical (unpaired) electrons. The number of imide groups is 1. The van der Waals surface area contributed by atoms with Crippen LogP contribution in [0.2, 0.25) is 0 Å². The van der Waals surface area contributed by atoms with Gasteiger partial charge in [-0.1, -0.05) is 0 Å². The Bertz CT molecular complexity index is 305. The normalized spacial score (nSPS) is 21.3. The van der Waals surface area contributed by atoms with Crippen molar-refractivity contribution in [3.05, 3.63) is 11.1 Å². The van der Waals surface area contributed by atoms with Crippen LogP contribution in [0.4, 0.5) is 0 Å². The summed E-state index contributed by atoms with van der Waals surface area (Å²) >= 11 is 0. The number of carbonyl (C=O) groups is 2. The van der Waals surface area contributed by atoms with Crippen molar-refractivity contribution in [2.45, 2.75) is 32.1 Å². The van der Waals surface area contributed by atoms with E-state index in [1.165, 1.54) is 4.90 Å². The molecule has 4 heteroatoms. The minimum Gasteiger partial charge on any atom is -0.396 e. The van der Waals surface area contributed by atoms with E-state index < -0.39 is 0 Å². The van der Waals surface area contributed by atoms with Gasteiger partial charge in [-0.25, -0.2) is 0 Å². The first-order chi connectivity index (χ1) is 7.25. The average molecular weight is 209 g/mol. The van der Waals surface area contributed by atoms with Crippen LogP contribution in [0.25, 0.3) is 0 Å². The molecular weight excluding hydrogens is 194 g/mol. The van der Waals surface area contributed by atoms with Gasteiger partial charge in [0.15, 0.2) is 0 Å². The van der Waals surface area contributed by atoms with E-state index in [1.807, 2.05) is 0 Å². The van der Waals surface area contributed by atoms with E-state index in [2.05, 4.69) is 0 Å². The predicted octanol–water partition coefficient (Wildman–Crippen LogP) is 0.608. The van der Waals surface area contributed by atoms with Gasteiger partial charge < -0.3 is 5.11 Å². The van der Waals surface area contributed by atoms with Crippen molar-refractivity contribution in [3.63, 3.8) is 0 Å². The lowest BCUT2D eigenvalue weighted by atomic mass is 9.93. The number of amides is 2. The highest BCUT2D eigenvalue weighted by Crippen LogP contribution is 2.32. The van der Waals surface area contributed by atoms with Gasteiger partial charge in [-0.05, 0) is 32.1 Å². The highest BCUT2D eigenvalue weighted by Gasteiger charge is 2.37. The van der Waals surface area contributed by atoms with Crippen LogP contribution in [0.1, 0.15) is 32.1 Å². The fraction of sp³-hybridized carbons (Fsp3) is 0.636. The molecular formula is C11H15NO3. The fourth-order valence-corrected chi connectivity index (χ4v) is 2.23. The lowest BCUT2D eigenvalue weighted by Crippen LogP contribution is -2.33. The number of aliphatic hydroxyl groups is 1. The molecule has 0 bridgehead atoms. The summed E-state index contributed by atoms with van der Waals surface area (Å²) in [6.07, 6.45) is 3.97. The molecule has 0 fully saturated rings. The van der Waals surface area contributed by atoms with Gasteiger partial charge in [0.25, 0.3) is 11.8 Å². The Labute approximate surface area is 88.6 Å². The second kappa shape index (κ2) is 4.14. The second-order valence-corrected chi connectivity index (χ2v) is 4.00. The standard InChI is InChI=1S/C11H15NO3/c13-7-3-6-12-10(14)8-4-1-2-5-9(8)11(12)15/h13H,1-7H2. The third kappa shape index (κ3) is 1.69. The van der Waals surface area contributed by atoms with Crippen LogP contribution in [-0.4, -0.2) is 35.0 Å². The number of hydrogen-bond donors (Lipinski definition) is 1. The zero-order chi connectivity index (χ0) is 10.8. The number of hydrogen-bond acceptors (Lipinski definition) is 3. The number of aliphatic hydroxyl groups excluding tert-OH is 1. The Hall–Kier alpha value is -1.16. The van der Waals surface area contributed by atoms with Crippen molar-refractivity contribution in [1.29, 1.82) is 0 Å². The highest BCUT2D eigenvalue weighted by molar-refractivity contribution is 6.19. The molecule has 82 valence electrons. The lowest BCUT2D eigenvalue weighted by molar-refractivity contribution is -0.137. The Morgan fingerprint density at radius 3 is 2.07 bits per heavy atom. The Morgan fingerprint density at radius 2 is 1.60 bits per heavy atom. The van der Waals surface area contributed by atoms with Crippen LogP contribution in [0, 0.1) is 0 Å². The van der Waals surface area contributed by atoms with E-state index in [-0.39, 0.29) is 18.4 Å². The van der Waals surface area contributed by atoms with E-state index in [1.54, 1.807) is 0 Å². The molecule has 2 rings (SSSR count). The molecule has 1 N–H and O–H groups in total. The zero-order valence-electron chi connectivity index (χ0n) is 8.66. The molecule has 0 spiro atoms. The molecule has 15 heavy (non-hydrogen) atoms. The maximum atomic E-state index is 11.8. The van der Waals surface area contributed by atoms with Crippen LogP contribution in [0.15, 0.2) is 11.1 Å². The first-order valence-corrected chi connectivity index (χ1v) is 5.45. The molecule has 0 atom stereocenters. The van der Waals surface area contributed by atoms with Crippen molar-refractivity contribution in [1.82, 2.24) is 4.90 Å². The first kappa shape index (κ1) is 10.4. The number of rotatable bonds is 3. The van der Waals surface area contributed by atoms with Gasteiger partial charge in [-0.2, -0.15) is 0 Å². The summed E-state index contributed by atoms with van der Waals surface area (Å²) < 4.78 is 0. The Kier molecular flexibility index (Phi) is 2.86. The average Bonchev–Trinajstić information content (AvgIpc) is 2.51. The monoisotopic (exact) mass is 209 g/mol. The summed E-state index contributed by atoms with van der Waals surface area (Å²) in [6, 6.07) is 0. The molecule has 0 aromatic carbocycles. The third-order valence-electron chi connectivity index (χ3n) is 3.01. The minimum atomic E-state index is -0.122. The number of nitrogens with zero attached hydrogens (tertiary/aromatic N) is 1. The van der Waals surface area contributed by atoms with E-state index >= 15 is 0 Å². The number of carbonyl (C=O) groups excluding carboxylic acids is 2. The molecule has 1 aliphatic heterocycles. The Morgan fingerprint density at radius 1 is 1.07 bits per heavy atom. The molecule has 0 saturated carbocycles. The van der Waals surface area contributed by atoms with E-state index in [0.717, 1.165) is 36.8 Å². The first-order valence-electron chi connectivity index (χ1n) is 5.45. The summed E-state index contributed by atoms with van der Waals surface area (Å²) in [7, 11) is 0. The smallest absolute Gasteiger partial charge is 0.257 e. The second-order valence-electron chi connectivity index (χ2n) is 4.00. The van der Waals surface area contributed by atoms with E-state index in [4.69, 9.17) is 5.11 Å². The molecule has 4 nitrogen and oxygen atoms in total. The Balaban J connectivity index is 2.14. The van der Waals surface area contributed by atoms with Crippen molar-refractivity contribution in [2.75, 3.05) is 13.2 Å².